The highest BCUT2D eigenvalue weighted by Gasteiger charge is 2.48. The summed E-state index contributed by atoms with van der Waals surface area (Å²) in [5.41, 5.74) is 2.18. The van der Waals surface area contributed by atoms with Crippen LogP contribution in [0.25, 0.3) is 0 Å². The number of nitrogens with zero attached hydrogens (tertiary/aromatic N) is 4. The molecule has 1 saturated carbocycles. The molecule has 0 radical (unpaired) electrons. The highest BCUT2D eigenvalue weighted by atomic mass is 16.2. The van der Waals surface area contributed by atoms with Crippen LogP contribution in [0, 0.1) is 11.8 Å². The molecule has 166 valence electrons. The Morgan fingerprint density at radius 1 is 0.697 bits per heavy atom. The molecule has 0 unspecified atom stereocenters. The van der Waals surface area contributed by atoms with Crippen LogP contribution in [0.2, 0.25) is 0 Å². The van der Waals surface area contributed by atoms with Gasteiger partial charge in [-0.25, -0.2) is 9.36 Å². The van der Waals surface area contributed by atoms with E-state index in [4.69, 9.17) is 0 Å². The summed E-state index contributed by atoms with van der Waals surface area (Å²) >= 11 is 0. The molecule has 2 atom stereocenters. The predicted molar refractivity (Wildman–Crippen MR) is 124 cm³/mol. The highest BCUT2D eigenvalue weighted by molar-refractivity contribution is 6.02. The molecule has 2 aromatic heterocycles. The van der Waals surface area contributed by atoms with Crippen molar-refractivity contribution in [3.8, 4) is 0 Å². The summed E-state index contributed by atoms with van der Waals surface area (Å²) in [5.74, 6) is 0.211. The van der Waals surface area contributed by atoms with Crippen molar-refractivity contribution in [3.63, 3.8) is 0 Å². The second kappa shape index (κ2) is 9.12. The largest absolute Gasteiger partial charge is 0.311 e. The van der Waals surface area contributed by atoms with Gasteiger partial charge in [-0.3, -0.25) is 9.59 Å². The third-order valence-electron chi connectivity index (χ3n) is 5.75. The lowest BCUT2D eigenvalue weighted by Crippen LogP contribution is -2.23. The van der Waals surface area contributed by atoms with Gasteiger partial charge in [0.1, 0.15) is 11.6 Å². The van der Waals surface area contributed by atoms with E-state index in [2.05, 4.69) is 20.8 Å². The third-order valence-corrected chi connectivity index (χ3v) is 5.75. The van der Waals surface area contributed by atoms with Gasteiger partial charge in [-0.1, -0.05) is 60.7 Å². The van der Waals surface area contributed by atoms with Crippen molar-refractivity contribution in [2.75, 3.05) is 10.6 Å². The minimum absolute atomic E-state index is 0.164. The Bertz CT molecular complexity index is 1150. The number of carbonyl (C=O) groups is 2. The van der Waals surface area contributed by atoms with E-state index in [0.29, 0.717) is 31.1 Å². The van der Waals surface area contributed by atoms with Crippen LogP contribution in [0.5, 0.6) is 0 Å². The number of hydrogen-bond acceptors (Lipinski definition) is 4. The summed E-state index contributed by atoms with van der Waals surface area (Å²) in [7, 11) is 0. The number of hydrogen-bond donors (Lipinski definition) is 2. The van der Waals surface area contributed by atoms with Crippen LogP contribution < -0.4 is 10.6 Å². The average Bonchev–Trinajstić information content (AvgIpc) is 3.37. The number of carbonyl (C=O) groups excluding carboxylic acids is 2. The van der Waals surface area contributed by atoms with Crippen LogP contribution in [0.15, 0.2) is 85.2 Å². The first-order valence-electron chi connectivity index (χ1n) is 10.9. The lowest BCUT2D eigenvalue weighted by Gasteiger charge is -2.10. The van der Waals surface area contributed by atoms with Crippen LogP contribution in [0.3, 0.4) is 0 Å². The summed E-state index contributed by atoms with van der Waals surface area (Å²) in [5, 5.41) is 14.5. The Morgan fingerprint density at radius 2 is 1.12 bits per heavy atom. The molecule has 1 aliphatic rings. The molecule has 0 bridgehead atoms. The van der Waals surface area contributed by atoms with Crippen molar-refractivity contribution in [1.82, 2.24) is 19.6 Å². The zero-order chi connectivity index (χ0) is 22.6. The zero-order valence-corrected chi connectivity index (χ0v) is 18.0. The Kier molecular flexibility index (Phi) is 5.72. The SMILES string of the molecule is O=C(Nc1ccnn1Cc1ccccc1)[C@H]1C[C@H]1C(=O)Nc1ccnn1Cc1ccccc1. The summed E-state index contributed by atoms with van der Waals surface area (Å²) in [6.45, 7) is 1.12. The van der Waals surface area contributed by atoms with Gasteiger partial charge in [0.05, 0.1) is 37.3 Å². The topological polar surface area (TPSA) is 93.8 Å². The maximum absolute atomic E-state index is 12.8. The first-order valence-corrected chi connectivity index (χ1v) is 10.9. The van der Waals surface area contributed by atoms with Gasteiger partial charge < -0.3 is 10.6 Å². The lowest BCUT2D eigenvalue weighted by atomic mass is 10.2. The second-order valence-corrected chi connectivity index (χ2v) is 8.15. The number of anilines is 2. The molecule has 0 aliphatic heterocycles. The van der Waals surface area contributed by atoms with Gasteiger partial charge in [0.25, 0.3) is 0 Å². The Morgan fingerprint density at radius 3 is 1.55 bits per heavy atom. The quantitative estimate of drug-likeness (QED) is 0.439. The first kappa shape index (κ1) is 20.7. The van der Waals surface area contributed by atoms with Crippen molar-refractivity contribution in [3.05, 3.63) is 96.3 Å². The van der Waals surface area contributed by atoms with Crippen LogP contribution in [-0.4, -0.2) is 31.4 Å². The molecule has 0 spiro atoms. The van der Waals surface area contributed by atoms with E-state index in [1.807, 2.05) is 60.7 Å². The summed E-state index contributed by atoms with van der Waals surface area (Å²) in [6, 6.07) is 23.4. The van der Waals surface area contributed by atoms with E-state index in [1.54, 1.807) is 33.9 Å². The standard InChI is InChI=1S/C25H24N6O2/c32-24(28-22-11-13-26-30(22)16-18-7-3-1-4-8-18)20-15-21(20)25(33)29-23-12-14-27-31(23)17-19-9-5-2-6-10-19/h1-14,20-21H,15-17H2,(H,28,32)(H,29,33)/t20-,21+. The normalized spacial score (nSPS) is 16.8. The van der Waals surface area contributed by atoms with E-state index in [-0.39, 0.29) is 23.7 Å². The maximum Gasteiger partial charge on any atom is 0.229 e. The molecule has 2 N–H and O–H groups in total. The molecule has 8 nitrogen and oxygen atoms in total. The molecular weight excluding hydrogens is 416 g/mol. The van der Waals surface area contributed by atoms with Gasteiger partial charge >= 0.3 is 0 Å². The van der Waals surface area contributed by atoms with Gasteiger partial charge in [0, 0.05) is 12.1 Å². The van der Waals surface area contributed by atoms with E-state index in [1.165, 1.54) is 0 Å². The zero-order valence-electron chi connectivity index (χ0n) is 18.0. The maximum atomic E-state index is 12.8. The molecule has 2 amide bonds. The van der Waals surface area contributed by atoms with Gasteiger partial charge in [-0.05, 0) is 17.5 Å². The van der Waals surface area contributed by atoms with Crippen LogP contribution in [0.1, 0.15) is 17.5 Å². The number of aromatic nitrogens is 4. The van der Waals surface area contributed by atoms with E-state index >= 15 is 0 Å². The van der Waals surface area contributed by atoms with Gasteiger partial charge in [-0.2, -0.15) is 10.2 Å². The smallest absolute Gasteiger partial charge is 0.229 e. The Labute approximate surface area is 191 Å². The van der Waals surface area contributed by atoms with Gasteiger partial charge in [0.15, 0.2) is 0 Å². The molecule has 2 heterocycles. The number of rotatable bonds is 8. The minimum Gasteiger partial charge on any atom is -0.311 e. The Balaban J connectivity index is 1.17. The molecule has 8 heteroatoms. The third kappa shape index (κ3) is 4.85. The fourth-order valence-corrected chi connectivity index (χ4v) is 3.85. The predicted octanol–water partition coefficient (Wildman–Crippen LogP) is 3.39. The van der Waals surface area contributed by atoms with E-state index in [0.717, 1.165) is 11.1 Å². The average molecular weight is 441 g/mol. The molecule has 5 rings (SSSR count). The number of amides is 2. The summed E-state index contributed by atoms with van der Waals surface area (Å²) in [6.07, 6.45) is 3.84. The van der Waals surface area contributed by atoms with E-state index in [9.17, 15) is 9.59 Å². The number of benzene rings is 2. The molecular formula is C25H24N6O2. The molecule has 4 aromatic rings. The minimum atomic E-state index is -0.351. The van der Waals surface area contributed by atoms with Crippen molar-refractivity contribution in [2.24, 2.45) is 11.8 Å². The number of nitrogens with one attached hydrogen (secondary N) is 2. The molecule has 33 heavy (non-hydrogen) atoms. The molecule has 2 aromatic carbocycles. The van der Waals surface area contributed by atoms with Gasteiger partial charge in [0.2, 0.25) is 11.8 Å². The highest BCUT2D eigenvalue weighted by Crippen LogP contribution is 2.40. The first-order chi connectivity index (χ1) is 16.2. The molecule has 1 fully saturated rings. The van der Waals surface area contributed by atoms with Crippen molar-refractivity contribution >= 4 is 23.5 Å². The monoisotopic (exact) mass is 440 g/mol. The van der Waals surface area contributed by atoms with Crippen molar-refractivity contribution in [1.29, 1.82) is 0 Å². The van der Waals surface area contributed by atoms with Gasteiger partial charge in [-0.15, -0.1) is 0 Å². The summed E-state index contributed by atoms with van der Waals surface area (Å²) in [4.78, 5) is 25.5. The molecule has 0 saturated heterocycles. The van der Waals surface area contributed by atoms with Crippen LogP contribution >= 0.6 is 0 Å². The Hall–Kier alpha value is -4.20. The van der Waals surface area contributed by atoms with Crippen molar-refractivity contribution < 1.29 is 9.59 Å². The van der Waals surface area contributed by atoms with Crippen molar-refractivity contribution in [2.45, 2.75) is 19.5 Å². The second-order valence-electron chi connectivity index (χ2n) is 8.15. The van der Waals surface area contributed by atoms with E-state index < -0.39 is 0 Å². The molecule has 1 aliphatic carbocycles. The fraction of sp³-hybridized carbons (Fsp3) is 0.200. The van der Waals surface area contributed by atoms with Crippen LogP contribution in [-0.2, 0) is 22.7 Å². The summed E-state index contributed by atoms with van der Waals surface area (Å²) < 4.78 is 3.49. The fourth-order valence-electron chi connectivity index (χ4n) is 3.85. The van der Waals surface area contributed by atoms with Crippen LogP contribution in [0.4, 0.5) is 11.6 Å². The lowest BCUT2D eigenvalue weighted by molar-refractivity contribution is -0.122.